The third kappa shape index (κ3) is 7.37. The second-order valence-electron chi connectivity index (χ2n) is 11.0. The Morgan fingerprint density at radius 2 is 1.71 bits per heavy atom. The molecular weight excluding hydrogens is 562 g/mol. The Morgan fingerprint density at radius 1 is 1.07 bits per heavy atom. The summed E-state index contributed by atoms with van der Waals surface area (Å²) >= 11 is 0. The molecule has 2 heterocycles. The number of halogens is 4. The lowest BCUT2D eigenvalue weighted by atomic mass is 9.94. The highest BCUT2D eigenvalue weighted by Gasteiger charge is 2.31. The molecule has 1 atom stereocenters. The van der Waals surface area contributed by atoms with E-state index in [1.807, 2.05) is 23.1 Å². The third-order valence-corrected chi connectivity index (χ3v) is 6.72. The van der Waals surface area contributed by atoms with E-state index in [2.05, 4.69) is 10.5 Å². The summed E-state index contributed by atoms with van der Waals surface area (Å²) in [5.41, 5.74) is -0.149. The SMILES string of the molecule is CC(C)(C)OC(=O)CC[C@H](NC(=O)C1CCN(c2noc3ccccc23)CC1)C(=O)COc1c(F)c(F)cc(F)c1F. The number of aromatic nitrogens is 1. The van der Waals surface area contributed by atoms with Crippen LogP contribution in [0.15, 0.2) is 34.9 Å². The van der Waals surface area contributed by atoms with E-state index < -0.39 is 70.8 Å². The summed E-state index contributed by atoms with van der Waals surface area (Å²) in [4.78, 5) is 40.5. The maximum Gasteiger partial charge on any atom is 0.306 e. The number of carbonyl (C=O) groups is 3. The van der Waals surface area contributed by atoms with Gasteiger partial charge >= 0.3 is 5.97 Å². The van der Waals surface area contributed by atoms with E-state index in [1.165, 1.54) is 0 Å². The first-order valence-electron chi connectivity index (χ1n) is 13.4. The number of hydrogen-bond donors (Lipinski definition) is 1. The molecule has 1 aliphatic heterocycles. The lowest BCUT2D eigenvalue weighted by Gasteiger charge is -2.32. The number of fused-ring (bicyclic) bond motifs is 1. The summed E-state index contributed by atoms with van der Waals surface area (Å²) in [7, 11) is 0. The van der Waals surface area contributed by atoms with Crippen LogP contribution in [-0.2, 0) is 19.1 Å². The lowest BCUT2D eigenvalue weighted by molar-refractivity contribution is -0.155. The molecule has 4 rings (SSSR count). The molecule has 0 radical (unpaired) electrons. The number of ether oxygens (including phenoxy) is 2. The molecule has 0 spiro atoms. The van der Waals surface area contributed by atoms with Gasteiger partial charge < -0.3 is 24.2 Å². The van der Waals surface area contributed by atoms with Crippen molar-refractivity contribution < 1.29 is 45.9 Å². The van der Waals surface area contributed by atoms with Crippen LogP contribution in [0, 0.1) is 29.2 Å². The monoisotopic (exact) mass is 593 g/mol. The number of hydrogen-bond acceptors (Lipinski definition) is 8. The minimum absolute atomic E-state index is 0.0135. The first-order chi connectivity index (χ1) is 19.8. The predicted molar refractivity (Wildman–Crippen MR) is 143 cm³/mol. The van der Waals surface area contributed by atoms with Gasteiger partial charge in [0.15, 0.2) is 34.6 Å². The molecule has 1 N–H and O–H groups in total. The maximum atomic E-state index is 14.0. The van der Waals surface area contributed by atoms with Crippen molar-refractivity contribution in [1.29, 1.82) is 0 Å². The van der Waals surface area contributed by atoms with Gasteiger partial charge in [0.25, 0.3) is 0 Å². The number of Topliss-reactive ketones (excluding diaryl/α,β-unsaturated/α-hetero) is 1. The number of nitrogens with one attached hydrogen (secondary N) is 1. The zero-order valence-electron chi connectivity index (χ0n) is 23.3. The zero-order chi connectivity index (χ0) is 30.6. The quantitative estimate of drug-likeness (QED) is 0.202. The van der Waals surface area contributed by atoms with Gasteiger partial charge in [-0.1, -0.05) is 17.3 Å². The van der Waals surface area contributed by atoms with E-state index in [0.29, 0.717) is 37.3 Å². The number of para-hydroxylation sites is 1. The van der Waals surface area contributed by atoms with E-state index in [0.717, 1.165) is 5.39 Å². The van der Waals surface area contributed by atoms with Gasteiger partial charge in [-0.2, -0.15) is 8.78 Å². The van der Waals surface area contributed by atoms with Crippen LogP contribution in [-0.4, -0.2) is 54.2 Å². The maximum absolute atomic E-state index is 14.0. The van der Waals surface area contributed by atoms with Gasteiger partial charge in [0.2, 0.25) is 17.5 Å². The van der Waals surface area contributed by atoms with E-state index in [4.69, 9.17) is 14.0 Å². The molecule has 1 aliphatic rings. The predicted octanol–water partition coefficient (Wildman–Crippen LogP) is 4.86. The smallest absolute Gasteiger partial charge is 0.306 e. The summed E-state index contributed by atoms with van der Waals surface area (Å²) in [5, 5.41) is 7.60. The Kier molecular flexibility index (Phi) is 9.37. The van der Waals surface area contributed by atoms with E-state index in [-0.39, 0.29) is 18.9 Å². The minimum atomic E-state index is -1.80. The van der Waals surface area contributed by atoms with Crippen LogP contribution < -0.4 is 15.0 Å². The minimum Gasteiger partial charge on any atom is -0.479 e. The number of esters is 1. The molecule has 13 heteroatoms. The molecule has 1 aromatic heterocycles. The lowest BCUT2D eigenvalue weighted by Crippen LogP contribution is -2.48. The number of benzene rings is 2. The van der Waals surface area contributed by atoms with Crippen molar-refractivity contribution in [2.45, 2.75) is 58.1 Å². The standard InChI is InChI=1S/C29H31F4N3O6/c1-29(2,3)41-23(38)9-8-20(21(37)15-40-26-24(32)18(30)14-19(31)25(26)33)34-28(39)16-10-12-36(13-11-16)27-17-6-4-5-7-22(17)42-35-27/h4-7,14,16,20H,8-13,15H2,1-3H3,(H,34,39)/t20-/m0/s1. The van der Waals surface area contributed by atoms with Crippen LogP contribution in [0.3, 0.4) is 0 Å². The Hall–Kier alpha value is -4.16. The van der Waals surface area contributed by atoms with Gasteiger partial charge in [-0.05, 0) is 52.2 Å². The molecule has 1 saturated heterocycles. The number of amides is 1. The number of nitrogens with zero attached hydrogens (tertiary/aromatic N) is 2. The fraction of sp³-hybridized carbons (Fsp3) is 0.448. The molecule has 42 heavy (non-hydrogen) atoms. The Balaban J connectivity index is 1.41. The first-order valence-corrected chi connectivity index (χ1v) is 13.4. The number of carbonyl (C=O) groups excluding carboxylic acids is 3. The summed E-state index contributed by atoms with van der Waals surface area (Å²) in [6.07, 6.45) is 0.392. The van der Waals surface area contributed by atoms with E-state index in [1.54, 1.807) is 26.8 Å². The summed E-state index contributed by atoms with van der Waals surface area (Å²) < 4.78 is 70.6. The Bertz CT molecular complexity index is 1440. The number of piperidine rings is 1. The fourth-order valence-electron chi connectivity index (χ4n) is 4.63. The molecule has 0 aliphatic carbocycles. The van der Waals surface area contributed by atoms with E-state index >= 15 is 0 Å². The van der Waals surface area contributed by atoms with Crippen LogP contribution in [0.1, 0.15) is 46.5 Å². The van der Waals surface area contributed by atoms with Gasteiger partial charge in [-0.15, -0.1) is 0 Å². The Morgan fingerprint density at radius 3 is 2.36 bits per heavy atom. The van der Waals surface area contributed by atoms with Gasteiger partial charge in [0, 0.05) is 31.5 Å². The van der Waals surface area contributed by atoms with Crippen molar-refractivity contribution in [2.75, 3.05) is 24.6 Å². The average molecular weight is 594 g/mol. The van der Waals surface area contributed by atoms with Crippen molar-refractivity contribution in [1.82, 2.24) is 10.5 Å². The molecule has 1 fully saturated rings. The molecule has 0 bridgehead atoms. The van der Waals surface area contributed by atoms with Crippen molar-refractivity contribution in [3.8, 4) is 5.75 Å². The summed E-state index contributed by atoms with van der Waals surface area (Å²) in [5.74, 6) is -10.2. The van der Waals surface area contributed by atoms with Crippen LogP contribution in [0.5, 0.6) is 5.75 Å². The summed E-state index contributed by atoms with van der Waals surface area (Å²) in [6, 6.07) is 6.11. The molecular formula is C29H31F4N3O6. The van der Waals surface area contributed by atoms with Crippen LogP contribution in [0.25, 0.3) is 11.0 Å². The van der Waals surface area contributed by atoms with Crippen molar-refractivity contribution >= 4 is 34.4 Å². The highest BCUT2D eigenvalue weighted by Crippen LogP contribution is 2.30. The van der Waals surface area contributed by atoms with Crippen LogP contribution in [0.4, 0.5) is 23.4 Å². The number of anilines is 1. The topological polar surface area (TPSA) is 111 Å². The molecule has 9 nitrogen and oxygen atoms in total. The molecule has 2 aromatic carbocycles. The van der Waals surface area contributed by atoms with Gasteiger partial charge in [-0.3, -0.25) is 14.4 Å². The Labute approximate surface area is 239 Å². The molecule has 0 unspecified atom stereocenters. The number of rotatable bonds is 10. The normalized spacial score (nSPS) is 15.0. The fourth-order valence-corrected chi connectivity index (χ4v) is 4.63. The second-order valence-corrected chi connectivity index (χ2v) is 11.0. The molecule has 3 aromatic rings. The zero-order valence-corrected chi connectivity index (χ0v) is 23.3. The van der Waals surface area contributed by atoms with Crippen molar-refractivity contribution in [3.63, 3.8) is 0 Å². The van der Waals surface area contributed by atoms with Gasteiger partial charge in [0.05, 0.1) is 11.4 Å². The van der Waals surface area contributed by atoms with Gasteiger partial charge in [-0.25, -0.2) is 8.78 Å². The van der Waals surface area contributed by atoms with Crippen molar-refractivity contribution in [3.05, 3.63) is 53.6 Å². The average Bonchev–Trinajstić information content (AvgIpc) is 3.37. The largest absolute Gasteiger partial charge is 0.479 e. The third-order valence-electron chi connectivity index (χ3n) is 6.72. The molecule has 226 valence electrons. The summed E-state index contributed by atoms with van der Waals surface area (Å²) in [6.45, 7) is 4.94. The van der Waals surface area contributed by atoms with Gasteiger partial charge in [0.1, 0.15) is 12.2 Å². The molecule has 1 amide bonds. The van der Waals surface area contributed by atoms with Crippen LogP contribution >= 0.6 is 0 Å². The highest BCUT2D eigenvalue weighted by atomic mass is 19.2. The first kappa shape index (κ1) is 30.8. The second kappa shape index (κ2) is 12.8. The van der Waals surface area contributed by atoms with Crippen LogP contribution in [0.2, 0.25) is 0 Å². The highest BCUT2D eigenvalue weighted by molar-refractivity contribution is 5.91. The van der Waals surface area contributed by atoms with Crippen molar-refractivity contribution in [2.24, 2.45) is 5.92 Å². The van der Waals surface area contributed by atoms with E-state index in [9.17, 15) is 31.9 Å². The number of ketones is 1. The molecule has 0 saturated carbocycles.